The van der Waals surface area contributed by atoms with Gasteiger partial charge in [0.15, 0.2) is 0 Å². The second kappa shape index (κ2) is 8.78. The zero-order valence-corrected chi connectivity index (χ0v) is 21.4. The summed E-state index contributed by atoms with van der Waals surface area (Å²) in [6.07, 6.45) is 17.5. The van der Waals surface area contributed by atoms with E-state index in [1.807, 2.05) is 9.06 Å². The average molecular weight is 475 g/mol. The zero-order valence-electron chi connectivity index (χ0n) is 18.6. The Balaban J connectivity index is 1.60. The molecule has 4 saturated heterocycles. The van der Waals surface area contributed by atoms with E-state index in [2.05, 4.69) is 21.6 Å². The summed E-state index contributed by atoms with van der Waals surface area (Å²) in [5.74, 6) is 3.62. The molecule has 0 aromatic heterocycles. The number of fused-ring (bicyclic) bond motifs is 5. The molecule has 0 unspecified atom stereocenters. The molecule has 4 heteroatoms. The van der Waals surface area contributed by atoms with Gasteiger partial charge in [-0.05, 0) is 0 Å². The van der Waals surface area contributed by atoms with E-state index < -0.39 is 18.4 Å². The maximum atomic E-state index is 6.92. The van der Waals surface area contributed by atoms with Crippen molar-refractivity contribution in [1.82, 2.24) is 0 Å². The fourth-order valence-corrected chi connectivity index (χ4v) is 12.5. The first-order chi connectivity index (χ1) is 12.9. The summed E-state index contributed by atoms with van der Waals surface area (Å²) < 4.78 is 8.83. The van der Waals surface area contributed by atoms with Gasteiger partial charge < -0.3 is 0 Å². The van der Waals surface area contributed by atoms with E-state index in [4.69, 9.17) is 4.65 Å². The molecule has 0 N–H and O–H groups in total. The van der Waals surface area contributed by atoms with Crippen LogP contribution < -0.4 is 0 Å². The van der Waals surface area contributed by atoms with Gasteiger partial charge >= 0.3 is 174 Å². The summed E-state index contributed by atoms with van der Waals surface area (Å²) >= 11 is -2.19. The van der Waals surface area contributed by atoms with E-state index in [1.165, 1.54) is 77.0 Å². The Bertz CT molecular complexity index is 519. The Morgan fingerprint density at radius 2 is 1.30 bits per heavy atom. The van der Waals surface area contributed by atoms with Crippen LogP contribution in [-0.4, -0.2) is 38.6 Å². The van der Waals surface area contributed by atoms with Gasteiger partial charge in [0.2, 0.25) is 0 Å². The van der Waals surface area contributed by atoms with Crippen molar-refractivity contribution in [1.29, 1.82) is 0 Å². The van der Waals surface area contributed by atoms with E-state index in [9.17, 15) is 0 Å². The van der Waals surface area contributed by atoms with Gasteiger partial charge in [0.05, 0.1) is 0 Å². The molecule has 0 aliphatic carbocycles. The zero-order chi connectivity index (χ0) is 19.0. The Morgan fingerprint density at radius 3 is 1.81 bits per heavy atom. The van der Waals surface area contributed by atoms with E-state index in [1.54, 1.807) is 0 Å². The van der Waals surface area contributed by atoms with Gasteiger partial charge in [-0.1, -0.05) is 0 Å². The molecule has 4 aliphatic rings. The monoisotopic (exact) mass is 476 g/mol. The number of hydrogen-bond acceptors (Lipinski definition) is 1. The molecule has 0 radical (unpaired) electrons. The molecule has 1 nitrogen and oxygen atoms in total. The van der Waals surface area contributed by atoms with Crippen molar-refractivity contribution in [3.8, 4) is 0 Å². The van der Waals surface area contributed by atoms with Crippen molar-refractivity contribution < 1.29 is 4.65 Å². The van der Waals surface area contributed by atoms with Crippen LogP contribution in [0.2, 0.25) is 39.1 Å². The molecule has 0 aromatic carbocycles. The average Bonchev–Trinajstić information content (AvgIpc) is 2.81. The van der Waals surface area contributed by atoms with Crippen molar-refractivity contribution in [3.05, 3.63) is 9.06 Å². The molecule has 0 saturated carbocycles. The van der Waals surface area contributed by atoms with Crippen LogP contribution in [0.1, 0.15) is 77.0 Å². The summed E-state index contributed by atoms with van der Waals surface area (Å²) in [7, 11) is 0. The molecule has 0 aromatic rings. The molecule has 0 atom stereocenters. The molecule has 27 heavy (non-hydrogen) atoms. The maximum absolute atomic E-state index is 6.92. The fraction of sp³-hybridized carbons (Fsp3) is 0.913. The molecule has 4 fully saturated rings. The predicted molar refractivity (Wildman–Crippen MR) is 124 cm³/mol. The summed E-state index contributed by atoms with van der Waals surface area (Å²) in [5, 5.41) is 0. The van der Waals surface area contributed by atoms with Crippen LogP contribution in [0.4, 0.5) is 0 Å². The molecule has 4 rings (SSSR count). The van der Waals surface area contributed by atoms with Crippen molar-refractivity contribution in [2.75, 3.05) is 6.61 Å². The third-order valence-electron chi connectivity index (χ3n) is 8.80. The summed E-state index contributed by atoms with van der Waals surface area (Å²) in [6.45, 7) is 5.04. The van der Waals surface area contributed by atoms with Gasteiger partial charge in [-0.15, -0.1) is 0 Å². The Labute approximate surface area is 173 Å². The predicted octanol–water partition coefficient (Wildman–Crippen LogP) is 7.29. The standard InChI is InChI=1S/C20H33B2O.3CH3.Sn/c1-21-17-8-2-6-16(7-3-9-17)20(21)14-15-23-22-18-10-4-11-19(22)13-5-12-18;;;;/h16-19H,2-13,15H2,1H3;3*1H3;. The van der Waals surface area contributed by atoms with E-state index >= 15 is 0 Å². The summed E-state index contributed by atoms with van der Waals surface area (Å²) in [6, 6.07) is 0. The second-order valence-corrected chi connectivity index (χ2v) is 26.0. The molecular formula is C23H42B2OSn. The molecule has 0 spiro atoms. The first-order valence-electron chi connectivity index (χ1n) is 12.3. The minimum absolute atomic E-state index is 0.595. The first-order valence-corrected chi connectivity index (χ1v) is 22.3. The van der Waals surface area contributed by atoms with Gasteiger partial charge in [0, 0.05) is 0 Å². The third kappa shape index (κ3) is 4.54. The van der Waals surface area contributed by atoms with Crippen molar-refractivity contribution >= 4 is 32.0 Å². The summed E-state index contributed by atoms with van der Waals surface area (Å²) in [5.41, 5.74) is 1.94. The first kappa shape index (κ1) is 20.9. The Kier molecular flexibility index (Phi) is 6.79. The molecule has 150 valence electrons. The second-order valence-electron chi connectivity index (χ2n) is 11.4. The van der Waals surface area contributed by atoms with Crippen molar-refractivity contribution in [2.24, 2.45) is 5.92 Å². The van der Waals surface area contributed by atoms with E-state index in [0.717, 1.165) is 36.7 Å². The Morgan fingerprint density at radius 1 is 0.815 bits per heavy atom. The fourth-order valence-electron chi connectivity index (χ4n) is 7.30. The minimum atomic E-state index is -2.19. The van der Waals surface area contributed by atoms with Gasteiger partial charge in [0.25, 0.3) is 0 Å². The molecule has 4 heterocycles. The van der Waals surface area contributed by atoms with Gasteiger partial charge in [-0.2, -0.15) is 0 Å². The van der Waals surface area contributed by atoms with Crippen molar-refractivity contribution in [3.63, 3.8) is 0 Å². The van der Waals surface area contributed by atoms with Gasteiger partial charge in [-0.3, -0.25) is 0 Å². The quantitative estimate of drug-likeness (QED) is 0.388. The third-order valence-corrected chi connectivity index (χ3v) is 15.2. The van der Waals surface area contributed by atoms with E-state index in [0.29, 0.717) is 6.92 Å². The van der Waals surface area contributed by atoms with Crippen LogP contribution in [0.3, 0.4) is 0 Å². The van der Waals surface area contributed by atoms with Gasteiger partial charge in [0.1, 0.15) is 0 Å². The van der Waals surface area contributed by atoms with Crippen LogP contribution in [0.5, 0.6) is 0 Å². The van der Waals surface area contributed by atoms with E-state index in [-0.39, 0.29) is 0 Å². The molecule has 4 bridgehead atoms. The normalized spacial score (nSPS) is 36.4. The van der Waals surface area contributed by atoms with Crippen molar-refractivity contribution in [2.45, 2.75) is 116 Å². The van der Waals surface area contributed by atoms with Crippen LogP contribution in [0.25, 0.3) is 0 Å². The van der Waals surface area contributed by atoms with Crippen LogP contribution in [0.15, 0.2) is 9.06 Å². The molecular weight excluding hydrogens is 433 g/mol. The molecule has 4 aliphatic heterocycles. The molecule has 0 amide bonds. The van der Waals surface area contributed by atoms with Crippen LogP contribution in [0, 0.1) is 5.92 Å². The Hall–Kier alpha value is 0.629. The summed E-state index contributed by atoms with van der Waals surface area (Å²) in [4.78, 5) is 7.97. The van der Waals surface area contributed by atoms with Crippen LogP contribution >= 0.6 is 0 Å². The number of allylic oxidation sites excluding steroid dienone is 1. The van der Waals surface area contributed by atoms with Crippen LogP contribution in [-0.2, 0) is 4.65 Å². The SMILES string of the molecule is CB1/C(=[C](/COB2C3CCCC2CCC3)[Sn]([CH3])([CH3])[CH3])C2CCCC1CCC2. The number of hydrogen-bond donors (Lipinski definition) is 0. The van der Waals surface area contributed by atoms with Gasteiger partial charge in [-0.25, -0.2) is 0 Å². The topological polar surface area (TPSA) is 9.23 Å². The number of rotatable bonds is 4.